The summed E-state index contributed by atoms with van der Waals surface area (Å²) in [6.45, 7) is 0. The van der Waals surface area contributed by atoms with Crippen molar-refractivity contribution in [1.82, 2.24) is 0 Å². The SMILES string of the molecule is O=C(CC(F)(F)F)c1ccc(Br)c(Cl)c1F. The maximum Gasteiger partial charge on any atom is 0.396 e. The lowest BCUT2D eigenvalue weighted by molar-refractivity contribution is -0.125. The topological polar surface area (TPSA) is 17.1 Å². The average molecular weight is 319 g/mol. The van der Waals surface area contributed by atoms with Crippen molar-refractivity contribution in [3.05, 3.63) is 33.0 Å². The lowest BCUT2D eigenvalue weighted by Gasteiger charge is -2.07. The number of carbonyl (C=O) groups excluding carboxylic acids is 1. The zero-order chi connectivity index (χ0) is 12.5. The molecule has 0 amide bonds. The standard InChI is InChI=1S/C9H4BrClF4O/c10-5-2-1-4(8(12)7(5)11)6(16)3-9(13,14)15/h1-2H,3H2. The van der Waals surface area contributed by atoms with Crippen molar-refractivity contribution < 1.29 is 22.4 Å². The lowest BCUT2D eigenvalue weighted by atomic mass is 10.1. The Hall–Kier alpha value is -0.620. The first-order valence-electron chi connectivity index (χ1n) is 3.96. The fourth-order valence-corrected chi connectivity index (χ4v) is 1.49. The van der Waals surface area contributed by atoms with Crippen LogP contribution in [0.5, 0.6) is 0 Å². The highest BCUT2D eigenvalue weighted by molar-refractivity contribution is 9.10. The monoisotopic (exact) mass is 318 g/mol. The third kappa shape index (κ3) is 3.18. The average Bonchev–Trinajstić information content (AvgIpc) is 2.11. The Morgan fingerprint density at radius 2 is 1.94 bits per heavy atom. The molecule has 0 aliphatic carbocycles. The van der Waals surface area contributed by atoms with Crippen molar-refractivity contribution in [2.24, 2.45) is 0 Å². The van der Waals surface area contributed by atoms with E-state index in [1.807, 2.05) is 0 Å². The fraction of sp³-hybridized carbons (Fsp3) is 0.222. The van der Waals surface area contributed by atoms with Gasteiger partial charge in [0.1, 0.15) is 6.42 Å². The van der Waals surface area contributed by atoms with Gasteiger partial charge in [0.2, 0.25) is 0 Å². The van der Waals surface area contributed by atoms with E-state index >= 15 is 0 Å². The molecule has 0 heterocycles. The maximum atomic E-state index is 13.3. The van der Waals surface area contributed by atoms with Crippen LogP contribution >= 0.6 is 27.5 Å². The predicted molar refractivity (Wildman–Crippen MR) is 54.1 cm³/mol. The van der Waals surface area contributed by atoms with Crippen LogP contribution in [0.2, 0.25) is 5.02 Å². The van der Waals surface area contributed by atoms with Crippen LogP contribution in [-0.2, 0) is 0 Å². The second-order valence-corrected chi connectivity index (χ2v) is 4.17. The molecule has 1 rings (SSSR count). The molecule has 0 atom stereocenters. The summed E-state index contributed by atoms with van der Waals surface area (Å²) in [7, 11) is 0. The third-order valence-corrected chi connectivity index (χ3v) is 2.96. The minimum absolute atomic E-state index is 0.176. The van der Waals surface area contributed by atoms with Crippen LogP contribution in [0.15, 0.2) is 16.6 Å². The van der Waals surface area contributed by atoms with Crippen molar-refractivity contribution in [3.63, 3.8) is 0 Å². The Labute approximate surface area is 102 Å². The molecule has 0 aliphatic rings. The Balaban J connectivity index is 3.06. The third-order valence-electron chi connectivity index (χ3n) is 1.70. The molecule has 0 fully saturated rings. The molecular weight excluding hydrogens is 315 g/mol. The Morgan fingerprint density at radius 3 is 2.44 bits per heavy atom. The molecule has 1 aromatic rings. The van der Waals surface area contributed by atoms with Crippen molar-refractivity contribution in [3.8, 4) is 0 Å². The van der Waals surface area contributed by atoms with Gasteiger partial charge >= 0.3 is 6.18 Å². The molecule has 0 radical (unpaired) electrons. The van der Waals surface area contributed by atoms with E-state index < -0.39 is 34.8 Å². The summed E-state index contributed by atoms with van der Waals surface area (Å²) in [5.74, 6) is -2.50. The van der Waals surface area contributed by atoms with Crippen molar-refractivity contribution >= 4 is 33.3 Å². The minimum Gasteiger partial charge on any atom is -0.294 e. The van der Waals surface area contributed by atoms with Crippen LogP contribution in [0.25, 0.3) is 0 Å². The molecule has 0 bridgehead atoms. The first-order valence-corrected chi connectivity index (χ1v) is 5.13. The Bertz CT molecular complexity index is 430. The van der Waals surface area contributed by atoms with Crippen molar-refractivity contribution in [1.29, 1.82) is 0 Å². The van der Waals surface area contributed by atoms with Crippen LogP contribution in [0, 0.1) is 5.82 Å². The number of ketones is 1. The molecule has 0 unspecified atom stereocenters. The van der Waals surface area contributed by atoms with Gasteiger partial charge in [-0.05, 0) is 28.1 Å². The number of rotatable bonds is 2. The Morgan fingerprint density at radius 1 is 1.38 bits per heavy atom. The summed E-state index contributed by atoms with van der Waals surface area (Å²) < 4.78 is 49.3. The first kappa shape index (κ1) is 13.4. The summed E-state index contributed by atoms with van der Waals surface area (Å²) in [5, 5.41) is -0.409. The zero-order valence-electron chi connectivity index (χ0n) is 7.54. The molecule has 0 saturated heterocycles. The Kier molecular flexibility index (Phi) is 3.96. The summed E-state index contributed by atoms with van der Waals surface area (Å²) in [5.41, 5.74) is -0.662. The van der Waals surface area contributed by atoms with Gasteiger partial charge in [0.15, 0.2) is 11.6 Å². The van der Waals surface area contributed by atoms with Gasteiger partial charge in [0, 0.05) is 4.47 Å². The van der Waals surface area contributed by atoms with Gasteiger partial charge in [-0.25, -0.2) is 4.39 Å². The molecule has 16 heavy (non-hydrogen) atoms. The van der Waals surface area contributed by atoms with Crippen LogP contribution in [-0.4, -0.2) is 12.0 Å². The lowest BCUT2D eigenvalue weighted by Crippen LogP contribution is -2.16. The number of hydrogen-bond donors (Lipinski definition) is 0. The quantitative estimate of drug-likeness (QED) is 0.449. The van der Waals surface area contributed by atoms with Gasteiger partial charge in [0.05, 0.1) is 10.6 Å². The van der Waals surface area contributed by atoms with E-state index in [4.69, 9.17) is 11.6 Å². The highest BCUT2D eigenvalue weighted by Crippen LogP contribution is 2.30. The zero-order valence-corrected chi connectivity index (χ0v) is 9.88. The van der Waals surface area contributed by atoms with E-state index in [2.05, 4.69) is 15.9 Å². The highest BCUT2D eigenvalue weighted by Gasteiger charge is 2.33. The molecule has 1 aromatic carbocycles. The summed E-state index contributed by atoms with van der Waals surface area (Å²) >= 11 is 8.33. The second kappa shape index (κ2) is 4.71. The van der Waals surface area contributed by atoms with Gasteiger partial charge in [-0.15, -0.1) is 0 Å². The van der Waals surface area contributed by atoms with E-state index in [-0.39, 0.29) is 4.47 Å². The summed E-state index contributed by atoms with van der Waals surface area (Å²) in [4.78, 5) is 11.1. The summed E-state index contributed by atoms with van der Waals surface area (Å²) in [6.07, 6.45) is -6.37. The van der Waals surface area contributed by atoms with Gasteiger partial charge in [-0.3, -0.25) is 4.79 Å². The number of Topliss-reactive ketones (excluding diaryl/α,β-unsaturated/α-hetero) is 1. The number of benzene rings is 1. The fourth-order valence-electron chi connectivity index (χ4n) is 1.02. The van der Waals surface area contributed by atoms with Crippen molar-refractivity contribution in [2.75, 3.05) is 0 Å². The molecule has 0 aliphatic heterocycles. The van der Waals surface area contributed by atoms with E-state index in [0.29, 0.717) is 0 Å². The van der Waals surface area contributed by atoms with E-state index in [9.17, 15) is 22.4 Å². The maximum absolute atomic E-state index is 13.3. The van der Waals surface area contributed by atoms with Gasteiger partial charge < -0.3 is 0 Å². The molecular formula is C9H4BrClF4O. The molecule has 0 N–H and O–H groups in total. The van der Waals surface area contributed by atoms with Crippen molar-refractivity contribution in [2.45, 2.75) is 12.6 Å². The molecule has 88 valence electrons. The second-order valence-electron chi connectivity index (χ2n) is 2.94. The van der Waals surface area contributed by atoms with E-state index in [1.54, 1.807) is 0 Å². The molecule has 0 saturated carbocycles. The normalized spacial score (nSPS) is 11.6. The molecule has 0 aromatic heterocycles. The number of carbonyl (C=O) groups is 1. The molecule has 0 spiro atoms. The minimum atomic E-state index is -4.66. The first-order chi connectivity index (χ1) is 7.22. The number of alkyl halides is 3. The smallest absolute Gasteiger partial charge is 0.294 e. The highest BCUT2D eigenvalue weighted by atomic mass is 79.9. The van der Waals surface area contributed by atoms with Gasteiger partial charge in [0.25, 0.3) is 0 Å². The molecule has 1 nitrogen and oxygen atoms in total. The molecule has 7 heteroatoms. The number of hydrogen-bond acceptors (Lipinski definition) is 1. The van der Waals surface area contributed by atoms with E-state index in [0.717, 1.165) is 6.07 Å². The van der Waals surface area contributed by atoms with Crippen LogP contribution < -0.4 is 0 Å². The van der Waals surface area contributed by atoms with E-state index in [1.165, 1.54) is 6.07 Å². The largest absolute Gasteiger partial charge is 0.396 e. The predicted octanol–water partition coefficient (Wildman–Crippen LogP) is 4.38. The van der Waals surface area contributed by atoms with Gasteiger partial charge in [-0.1, -0.05) is 11.6 Å². The van der Waals surface area contributed by atoms with Crippen LogP contribution in [0.3, 0.4) is 0 Å². The van der Waals surface area contributed by atoms with Gasteiger partial charge in [-0.2, -0.15) is 13.2 Å². The van der Waals surface area contributed by atoms with Crippen LogP contribution in [0.4, 0.5) is 17.6 Å². The summed E-state index contributed by atoms with van der Waals surface area (Å²) in [6, 6.07) is 2.17. The van der Waals surface area contributed by atoms with Crippen LogP contribution in [0.1, 0.15) is 16.8 Å². The number of halogens is 6.